The molecule has 6 aromatic carbocycles. The molecule has 5 aliphatic rings. The fourth-order valence-corrected chi connectivity index (χ4v) is 10.8. The zero-order chi connectivity index (χ0) is 45.5. The molecule has 2 atom stereocenters. The van der Waals surface area contributed by atoms with E-state index in [9.17, 15) is 0 Å². The van der Waals surface area contributed by atoms with Crippen molar-refractivity contribution in [2.75, 3.05) is 9.80 Å². The largest absolute Gasteiger partial charge is 0.338 e. The van der Waals surface area contributed by atoms with Gasteiger partial charge in [0, 0.05) is 34.4 Å². The van der Waals surface area contributed by atoms with Crippen molar-refractivity contribution in [1.82, 2.24) is 0 Å². The summed E-state index contributed by atoms with van der Waals surface area (Å²) < 4.78 is 0. The zero-order valence-electron chi connectivity index (χ0n) is 38.8. The molecule has 2 nitrogen and oxygen atoms in total. The van der Waals surface area contributed by atoms with Crippen LogP contribution in [0.3, 0.4) is 0 Å². The van der Waals surface area contributed by atoms with E-state index in [0.29, 0.717) is 0 Å². The first-order valence-corrected chi connectivity index (χ1v) is 24.7. The third kappa shape index (κ3) is 9.20. The maximum Gasteiger partial charge on any atom is 0.0563 e. The Morgan fingerprint density at radius 2 is 1.10 bits per heavy atom. The quantitative estimate of drug-likeness (QED) is 0.121. The fourth-order valence-electron chi connectivity index (χ4n) is 10.8. The molecule has 0 saturated carbocycles. The van der Waals surface area contributed by atoms with Crippen LogP contribution >= 0.6 is 0 Å². The van der Waals surface area contributed by atoms with Gasteiger partial charge in [-0.15, -0.1) is 0 Å². The molecule has 0 aliphatic heterocycles. The standard InChI is InChI=1S/C66H58N2/c1-7-20-49(21-8-1)51-34-38-59(39-35-51)67(57-30-15-5-16-31-57)61-42-44-63(65(47-61)53-24-11-3-12-25-53)55-28-19-29-56(46-55)64-45-43-62(48-66(64)54-26-13-4-14-27-54)68(58-32-17-6-18-33-58)60-40-36-52(37-41-60)50-22-9-2-10-23-50/h1,3-9,11-13,15-17,19-26,28-32,34-46,62,65H,2,10,14,18,27,33,47-48H2. The van der Waals surface area contributed by atoms with Gasteiger partial charge < -0.3 is 9.80 Å². The van der Waals surface area contributed by atoms with E-state index in [4.69, 9.17) is 0 Å². The molecule has 0 aromatic heterocycles. The Labute approximate surface area is 403 Å². The summed E-state index contributed by atoms with van der Waals surface area (Å²) in [4.78, 5) is 5.07. The summed E-state index contributed by atoms with van der Waals surface area (Å²) in [6.07, 6.45) is 38.7. The van der Waals surface area contributed by atoms with Crippen LogP contribution < -0.4 is 9.80 Å². The number of anilines is 3. The van der Waals surface area contributed by atoms with Crippen LogP contribution in [0.15, 0.2) is 265 Å². The van der Waals surface area contributed by atoms with Gasteiger partial charge in [0.25, 0.3) is 0 Å². The lowest BCUT2D eigenvalue weighted by atomic mass is 9.78. The molecule has 0 N–H and O–H groups in total. The van der Waals surface area contributed by atoms with Gasteiger partial charge >= 0.3 is 0 Å². The first-order valence-electron chi connectivity index (χ1n) is 24.7. The Bertz CT molecular complexity index is 3080. The lowest BCUT2D eigenvalue weighted by Crippen LogP contribution is -2.35. The molecule has 2 unspecified atom stereocenters. The van der Waals surface area contributed by atoms with Crippen molar-refractivity contribution in [3.63, 3.8) is 0 Å². The third-order valence-electron chi connectivity index (χ3n) is 14.2. The van der Waals surface area contributed by atoms with E-state index >= 15 is 0 Å². The van der Waals surface area contributed by atoms with Gasteiger partial charge in [-0.05, 0) is 167 Å². The smallest absolute Gasteiger partial charge is 0.0563 e. The minimum Gasteiger partial charge on any atom is -0.338 e. The zero-order valence-corrected chi connectivity index (χ0v) is 38.8. The number of hydrogen-bond donors (Lipinski definition) is 0. The van der Waals surface area contributed by atoms with Crippen LogP contribution in [0, 0.1) is 0 Å². The summed E-state index contributed by atoms with van der Waals surface area (Å²) in [6, 6.07) is 60.6. The Morgan fingerprint density at radius 3 is 1.82 bits per heavy atom. The normalized spacial score (nSPS) is 18.9. The van der Waals surface area contributed by atoms with Gasteiger partial charge in [0.2, 0.25) is 0 Å². The molecular weight excluding hydrogens is 821 g/mol. The van der Waals surface area contributed by atoms with Gasteiger partial charge in [0.1, 0.15) is 0 Å². The van der Waals surface area contributed by atoms with Crippen molar-refractivity contribution in [2.24, 2.45) is 0 Å². The van der Waals surface area contributed by atoms with Crippen LogP contribution in [0.4, 0.5) is 17.1 Å². The minimum atomic E-state index is 0.162. The number of hydrogen-bond acceptors (Lipinski definition) is 2. The predicted molar refractivity (Wildman–Crippen MR) is 289 cm³/mol. The second-order valence-corrected chi connectivity index (χ2v) is 18.5. The number of para-hydroxylation sites is 1. The number of allylic oxidation sites excluding steroid dienone is 18. The molecule has 68 heavy (non-hydrogen) atoms. The van der Waals surface area contributed by atoms with E-state index in [1.54, 1.807) is 0 Å². The van der Waals surface area contributed by atoms with Crippen LogP contribution in [-0.4, -0.2) is 6.04 Å². The maximum absolute atomic E-state index is 2.62. The van der Waals surface area contributed by atoms with E-state index in [-0.39, 0.29) is 12.0 Å². The van der Waals surface area contributed by atoms with Crippen molar-refractivity contribution in [1.29, 1.82) is 0 Å². The van der Waals surface area contributed by atoms with Gasteiger partial charge in [0.05, 0.1) is 6.04 Å². The summed E-state index contributed by atoms with van der Waals surface area (Å²) in [6.45, 7) is 0. The minimum absolute atomic E-state index is 0.162. The highest BCUT2D eigenvalue weighted by Gasteiger charge is 2.30. The lowest BCUT2D eigenvalue weighted by molar-refractivity contribution is 0.702. The van der Waals surface area contributed by atoms with E-state index < -0.39 is 0 Å². The molecule has 0 fully saturated rings. The highest BCUT2D eigenvalue weighted by Crippen LogP contribution is 2.46. The SMILES string of the molecule is C1=CCCC(C2=C(c3cccc(C4=CC=C(N(c5ccccc5)c5ccc(-c6ccccc6)cc5)CC4c4ccccc4)c3)C=CC(N(C3=CC=CCC3)c3ccc(C4=CCCC=C4)cc3)C2)=C1. The van der Waals surface area contributed by atoms with Crippen molar-refractivity contribution in [3.8, 4) is 11.1 Å². The summed E-state index contributed by atoms with van der Waals surface area (Å²) in [5, 5.41) is 0. The molecule has 11 rings (SSSR count). The van der Waals surface area contributed by atoms with Crippen LogP contribution in [0.5, 0.6) is 0 Å². The highest BCUT2D eigenvalue weighted by atomic mass is 15.2. The van der Waals surface area contributed by atoms with Crippen LogP contribution in [0.1, 0.15) is 79.5 Å². The molecule has 0 radical (unpaired) electrons. The molecule has 0 heterocycles. The first-order chi connectivity index (χ1) is 33.7. The lowest BCUT2D eigenvalue weighted by Gasteiger charge is -2.38. The molecular formula is C66H58N2. The average molecular weight is 879 g/mol. The Morgan fingerprint density at radius 1 is 0.441 bits per heavy atom. The molecule has 332 valence electrons. The number of rotatable bonds is 12. The predicted octanol–water partition coefficient (Wildman–Crippen LogP) is 17.5. The summed E-state index contributed by atoms with van der Waals surface area (Å²) in [5.41, 5.74) is 20.8. The molecule has 2 heteroatoms. The number of nitrogens with zero attached hydrogens (tertiary/aromatic N) is 2. The van der Waals surface area contributed by atoms with Crippen LogP contribution in [-0.2, 0) is 0 Å². The van der Waals surface area contributed by atoms with Gasteiger partial charge in [0.15, 0.2) is 0 Å². The van der Waals surface area contributed by atoms with E-state index in [0.717, 1.165) is 62.7 Å². The van der Waals surface area contributed by atoms with Crippen molar-refractivity contribution < 1.29 is 0 Å². The third-order valence-corrected chi connectivity index (χ3v) is 14.2. The van der Waals surface area contributed by atoms with Gasteiger partial charge in [-0.3, -0.25) is 0 Å². The monoisotopic (exact) mass is 878 g/mol. The summed E-state index contributed by atoms with van der Waals surface area (Å²) >= 11 is 0. The Kier molecular flexibility index (Phi) is 12.7. The molecule has 0 saturated heterocycles. The summed E-state index contributed by atoms with van der Waals surface area (Å²) in [5.74, 6) is 0.162. The first kappa shape index (κ1) is 42.9. The van der Waals surface area contributed by atoms with Gasteiger partial charge in [-0.1, -0.05) is 188 Å². The van der Waals surface area contributed by atoms with Crippen molar-refractivity contribution in [3.05, 3.63) is 288 Å². The van der Waals surface area contributed by atoms with Crippen molar-refractivity contribution >= 4 is 33.8 Å². The maximum atomic E-state index is 2.62. The number of benzene rings is 6. The molecule has 0 spiro atoms. The van der Waals surface area contributed by atoms with E-state index in [1.807, 2.05) is 0 Å². The molecule has 0 bridgehead atoms. The summed E-state index contributed by atoms with van der Waals surface area (Å²) in [7, 11) is 0. The topological polar surface area (TPSA) is 6.48 Å². The van der Waals surface area contributed by atoms with Crippen molar-refractivity contribution in [2.45, 2.75) is 63.3 Å². The van der Waals surface area contributed by atoms with Gasteiger partial charge in [-0.2, -0.15) is 0 Å². The molecule has 5 aliphatic carbocycles. The Balaban J connectivity index is 0.961. The van der Waals surface area contributed by atoms with Crippen LogP contribution in [0.25, 0.3) is 27.8 Å². The molecule has 6 aromatic rings. The highest BCUT2D eigenvalue weighted by molar-refractivity contribution is 5.86. The van der Waals surface area contributed by atoms with E-state index in [2.05, 4.69) is 253 Å². The average Bonchev–Trinajstić information content (AvgIpc) is 3.43. The van der Waals surface area contributed by atoms with E-state index in [1.165, 1.54) is 78.3 Å². The second kappa shape index (κ2) is 20.0. The Hall–Kier alpha value is -7.68. The fraction of sp³-hybridized carbons (Fsp3) is 0.152. The van der Waals surface area contributed by atoms with Gasteiger partial charge in [-0.25, -0.2) is 0 Å². The molecule has 0 amide bonds. The second-order valence-electron chi connectivity index (χ2n) is 18.5. The van der Waals surface area contributed by atoms with Crippen LogP contribution in [0.2, 0.25) is 0 Å².